The van der Waals surface area contributed by atoms with E-state index in [-0.39, 0.29) is 15.6 Å². The van der Waals surface area contributed by atoms with E-state index in [4.69, 9.17) is 4.28 Å². The lowest BCUT2D eigenvalue weighted by Gasteiger charge is -2.08. The van der Waals surface area contributed by atoms with Crippen molar-refractivity contribution in [2.24, 2.45) is 5.16 Å². The van der Waals surface area contributed by atoms with Crippen molar-refractivity contribution >= 4 is 32.6 Å². The molecule has 0 heterocycles. The molecule has 0 saturated heterocycles. The van der Waals surface area contributed by atoms with E-state index in [9.17, 15) is 18.5 Å². The van der Waals surface area contributed by atoms with Crippen LogP contribution in [0.4, 0.5) is 5.69 Å². The van der Waals surface area contributed by atoms with Crippen LogP contribution in [0.15, 0.2) is 87.7 Å². The SMILES string of the molecule is Cc1ccc(SC(=NOS(=O)(=O)c2ccc(C)cc2)c2ccc([N+](=O)[O-])cc2)cc1. The van der Waals surface area contributed by atoms with Gasteiger partial charge in [0.1, 0.15) is 9.94 Å². The second-order valence-corrected chi connectivity index (χ2v) is 9.05. The van der Waals surface area contributed by atoms with Crippen LogP contribution in [0, 0.1) is 24.0 Å². The molecule has 3 rings (SSSR count). The molecule has 0 bridgehead atoms. The molecular weight excluding hydrogens is 424 g/mol. The second kappa shape index (κ2) is 9.10. The molecule has 3 aromatic rings. The van der Waals surface area contributed by atoms with Crippen LogP contribution < -0.4 is 0 Å². The van der Waals surface area contributed by atoms with Crippen LogP contribution in [0.1, 0.15) is 16.7 Å². The first-order valence-corrected chi connectivity index (χ1v) is 11.0. The summed E-state index contributed by atoms with van der Waals surface area (Å²) in [5, 5.41) is 15.0. The molecule has 7 nitrogen and oxygen atoms in total. The van der Waals surface area contributed by atoms with Gasteiger partial charge in [-0.3, -0.25) is 14.4 Å². The van der Waals surface area contributed by atoms with E-state index >= 15 is 0 Å². The van der Waals surface area contributed by atoms with Crippen LogP contribution in [0.25, 0.3) is 0 Å². The van der Waals surface area contributed by atoms with Gasteiger partial charge in [0.2, 0.25) is 0 Å². The van der Waals surface area contributed by atoms with E-state index in [1.54, 1.807) is 12.1 Å². The number of rotatable bonds is 6. The van der Waals surface area contributed by atoms with Gasteiger partial charge < -0.3 is 0 Å². The number of nitro groups is 1. The van der Waals surface area contributed by atoms with Crippen LogP contribution in [-0.4, -0.2) is 18.4 Å². The molecule has 3 aromatic carbocycles. The summed E-state index contributed by atoms with van der Waals surface area (Å²) in [7, 11) is -4.11. The van der Waals surface area contributed by atoms with Crippen molar-refractivity contribution < 1.29 is 17.6 Å². The lowest BCUT2D eigenvalue weighted by molar-refractivity contribution is -0.384. The second-order valence-electron chi connectivity index (χ2n) is 6.46. The molecule has 0 saturated carbocycles. The molecule has 0 aliphatic heterocycles. The van der Waals surface area contributed by atoms with E-state index in [0.29, 0.717) is 5.56 Å². The Labute approximate surface area is 178 Å². The van der Waals surface area contributed by atoms with Gasteiger partial charge >= 0.3 is 10.1 Å². The Morgan fingerprint density at radius 3 is 1.97 bits per heavy atom. The molecule has 0 aromatic heterocycles. The van der Waals surface area contributed by atoms with Crippen LogP contribution in [-0.2, 0) is 14.4 Å². The van der Waals surface area contributed by atoms with Gasteiger partial charge in [0, 0.05) is 22.6 Å². The fraction of sp³-hybridized carbons (Fsp3) is 0.0952. The Hall–Kier alpha value is -3.17. The maximum atomic E-state index is 12.5. The lowest BCUT2D eigenvalue weighted by atomic mass is 10.2. The number of aryl methyl sites for hydroxylation is 2. The summed E-state index contributed by atoms with van der Waals surface area (Å²) < 4.78 is 29.9. The van der Waals surface area contributed by atoms with Crippen molar-refractivity contribution in [1.82, 2.24) is 0 Å². The average Bonchev–Trinajstić information content (AvgIpc) is 2.73. The number of oxime groups is 1. The molecule has 9 heteroatoms. The smallest absolute Gasteiger partial charge is 0.264 e. The first-order chi connectivity index (χ1) is 14.2. The average molecular weight is 443 g/mol. The molecule has 0 unspecified atom stereocenters. The summed E-state index contributed by atoms with van der Waals surface area (Å²) in [5.41, 5.74) is 2.40. The Bertz CT molecular complexity index is 1170. The molecule has 30 heavy (non-hydrogen) atoms. The summed E-state index contributed by atoms with van der Waals surface area (Å²) in [4.78, 5) is 11.2. The van der Waals surface area contributed by atoms with Crippen LogP contribution in [0.5, 0.6) is 0 Å². The van der Waals surface area contributed by atoms with E-state index < -0.39 is 15.0 Å². The lowest BCUT2D eigenvalue weighted by Crippen LogP contribution is -2.05. The van der Waals surface area contributed by atoms with Gasteiger partial charge in [-0.25, -0.2) is 0 Å². The molecule has 0 aliphatic carbocycles. The van der Waals surface area contributed by atoms with E-state index in [0.717, 1.165) is 16.0 Å². The quantitative estimate of drug-likeness (QED) is 0.174. The van der Waals surface area contributed by atoms with E-state index in [1.807, 2.05) is 38.1 Å². The molecule has 0 amide bonds. The molecule has 0 radical (unpaired) electrons. The Morgan fingerprint density at radius 2 is 1.43 bits per heavy atom. The van der Waals surface area contributed by atoms with Crippen LogP contribution >= 0.6 is 11.8 Å². The van der Waals surface area contributed by atoms with E-state index in [1.165, 1.54) is 48.2 Å². The number of non-ortho nitro benzene ring substituents is 1. The maximum Gasteiger partial charge on any atom is 0.358 e. The highest BCUT2D eigenvalue weighted by Gasteiger charge is 2.17. The van der Waals surface area contributed by atoms with Crippen molar-refractivity contribution in [2.75, 3.05) is 0 Å². The standard InChI is InChI=1S/C21H18N2O5S2/c1-15-3-11-19(12-4-15)29-21(17-7-9-18(10-8-17)23(24)25)22-28-30(26,27)20-13-5-16(2)6-14-20/h3-14H,1-2H3. The highest BCUT2D eigenvalue weighted by Crippen LogP contribution is 2.26. The fourth-order valence-electron chi connectivity index (χ4n) is 2.40. The van der Waals surface area contributed by atoms with Gasteiger partial charge in [-0.15, -0.1) is 0 Å². The topological polar surface area (TPSA) is 98.9 Å². The summed E-state index contributed by atoms with van der Waals surface area (Å²) in [6, 6.07) is 19.4. The van der Waals surface area contributed by atoms with Gasteiger partial charge in [0.25, 0.3) is 5.69 Å². The molecular formula is C21H18N2O5S2. The maximum absolute atomic E-state index is 12.5. The number of nitro benzene ring substituents is 1. The van der Waals surface area contributed by atoms with Gasteiger partial charge in [-0.05, 0) is 50.2 Å². The number of nitrogens with zero attached hydrogens (tertiary/aromatic N) is 2. The number of hydrogen-bond acceptors (Lipinski definition) is 7. The number of thioether (sulfide) groups is 1. The summed E-state index contributed by atoms with van der Waals surface area (Å²) >= 11 is 1.19. The van der Waals surface area contributed by atoms with Crippen molar-refractivity contribution in [1.29, 1.82) is 0 Å². The Morgan fingerprint density at radius 1 is 0.900 bits per heavy atom. The van der Waals surface area contributed by atoms with Gasteiger partial charge in [0.05, 0.1) is 4.92 Å². The minimum absolute atomic E-state index is 0.0137. The monoisotopic (exact) mass is 442 g/mol. The zero-order valence-corrected chi connectivity index (χ0v) is 17.8. The predicted molar refractivity (Wildman–Crippen MR) is 116 cm³/mol. The van der Waals surface area contributed by atoms with Crippen LogP contribution in [0.2, 0.25) is 0 Å². The van der Waals surface area contributed by atoms with Crippen molar-refractivity contribution in [3.05, 3.63) is 99.6 Å². The number of benzene rings is 3. The Balaban J connectivity index is 1.94. The fourth-order valence-corrected chi connectivity index (χ4v) is 4.00. The van der Waals surface area contributed by atoms with Crippen molar-refractivity contribution in [3.8, 4) is 0 Å². The first-order valence-electron chi connectivity index (χ1n) is 8.82. The largest absolute Gasteiger partial charge is 0.358 e. The third-order valence-electron chi connectivity index (χ3n) is 4.09. The van der Waals surface area contributed by atoms with Gasteiger partial charge in [-0.2, -0.15) is 8.42 Å². The molecule has 0 N–H and O–H groups in total. The first kappa shape index (κ1) is 21.5. The molecule has 154 valence electrons. The molecule has 0 spiro atoms. The summed E-state index contributed by atoms with van der Waals surface area (Å²) in [5.74, 6) is 0. The third kappa shape index (κ3) is 5.46. The molecule has 0 atom stereocenters. The minimum Gasteiger partial charge on any atom is -0.264 e. The number of hydrogen-bond donors (Lipinski definition) is 0. The summed E-state index contributed by atoms with van der Waals surface area (Å²) in [6.45, 7) is 3.80. The zero-order chi connectivity index (χ0) is 21.7. The van der Waals surface area contributed by atoms with Crippen LogP contribution in [0.3, 0.4) is 0 Å². The molecule has 0 aliphatic rings. The van der Waals surface area contributed by atoms with Crippen molar-refractivity contribution in [3.63, 3.8) is 0 Å². The highest BCUT2D eigenvalue weighted by atomic mass is 32.2. The van der Waals surface area contributed by atoms with Gasteiger partial charge in [-0.1, -0.05) is 52.3 Å². The normalized spacial score (nSPS) is 11.9. The van der Waals surface area contributed by atoms with E-state index in [2.05, 4.69) is 5.16 Å². The van der Waals surface area contributed by atoms with Gasteiger partial charge in [0.15, 0.2) is 0 Å². The zero-order valence-electron chi connectivity index (χ0n) is 16.2. The van der Waals surface area contributed by atoms with Crippen molar-refractivity contribution in [2.45, 2.75) is 23.6 Å². The summed E-state index contributed by atoms with van der Waals surface area (Å²) in [6.07, 6.45) is 0. The minimum atomic E-state index is -4.11. The Kier molecular flexibility index (Phi) is 6.53. The predicted octanol–water partition coefficient (Wildman–Crippen LogP) is 5.07. The highest BCUT2D eigenvalue weighted by molar-refractivity contribution is 8.14. The molecule has 0 fully saturated rings. The third-order valence-corrected chi connectivity index (χ3v) is 6.22.